The highest BCUT2D eigenvalue weighted by molar-refractivity contribution is 6.01. The molecule has 2 aliphatic carbocycles. The van der Waals surface area contributed by atoms with Crippen molar-refractivity contribution in [1.29, 1.82) is 0 Å². The maximum atomic E-state index is 11.8. The van der Waals surface area contributed by atoms with Gasteiger partial charge in [-0.25, -0.2) is 9.59 Å². The van der Waals surface area contributed by atoms with Crippen molar-refractivity contribution in [3.8, 4) is 11.8 Å². The Kier molecular flexibility index (Phi) is 13.3. The molecule has 212 valence electrons. The number of ether oxygens (including phenoxy) is 5. The fraction of sp³-hybridized carbons (Fsp3) is 0.769. The highest BCUT2D eigenvalue weighted by atomic mass is 16.7. The lowest BCUT2D eigenvalue weighted by Crippen LogP contribution is -2.32. The van der Waals surface area contributed by atoms with Gasteiger partial charge in [-0.3, -0.25) is 9.59 Å². The first-order valence-corrected chi connectivity index (χ1v) is 13.3. The van der Waals surface area contributed by atoms with Crippen molar-refractivity contribution >= 4 is 23.9 Å². The molecule has 0 aromatic heterocycles. The summed E-state index contributed by atoms with van der Waals surface area (Å²) in [6, 6.07) is 0. The molecule has 1 aliphatic heterocycles. The predicted molar refractivity (Wildman–Crippen MR) is 131 cm³/mol. The molecule has 1 N–H and O–H groups in total. The number of nitrogens with zero attached hydrogens (tertiary/aromatic N) is 1. The van der Waals surface area contributed by atoms with E-state index in [-0.39, 0.29) is 32.5 Å². The SMILES string of the molecule is O=C(CCOCCOCCOCCOCCNC(=O)OCC1[C@@H]2CCC#CCC[C@@H]12)ON1C(=O)CCC1=O. The van der Waals surface area contributed by atoms with Gasteiger partial charge in [0.05, 0.1) is 65.9 Å². The van der Waals surface area contributed by atoms with Gasteiger partial charge in [0.2, 0.25) is 0 Å². The molecule has 3 amide bonds. The van der Waals surface area contributed by atoms with Crippen LogP contribution in [0.5, 0.6) is 0 Å². The lowest BCUT2D eigenvalue weighted by atomic mass is 10.1. The fourth-order valence-corrected chi connectivity index (χ4v) is 4.45. The van der Waals surface area contributed by atoms with E-state index in [1.807, 2.05) is 0 Å². The highest BCUT2D eigenvalue weighted by Crippen LogP contribution is 2.52. The van der Waals surface area contributed by atoms with E-state index in [0.29, 0.717) is 75.6 Å². The second kappa shape index (κ2) is 17.0. The molecule has 2 fully saturated rings. The second-order valence-electron chi connectivity index (χ2n) is 9.19. The minimum atomic E-state index is -0.700. The number of alkyl carbamates (subject to hydrolysis) is 1. The van der Waals surface area contributed by atoms with Gasteiger partial charge in [0.1, 0.15) is 0 Å². The number of carbonyl (C=O) groups is 4. The Hall–Kier alpha value is -2.72. The van der Waals surface area contributed by atoms with Crippen LogP contribution in [0.1, 0.15) is 44.9 Å². The first kappa shape index (κ1) is 29.8. The molecular weight excluding hydrogens is 500 g/mol. The third-order valence-electron chi connectivity index (χ3n) is 6.53. The van der Waals surface area contributed by atoms with Crippen LogP contribution in [0.25, 0.3) is 0 Å². The van der Waals surface area contributed by atoms with Crippen LogP contribution >= 0.6 is 0 Å². The maximum absolute atomic E-state index is 11.8. The number of hydrogen-bond donors (Lipinski definition) is 1. The Bertz CT molecular complexity index is 821. The number of fused-ring (bicyclic) bond motifs is 1. The van der Waals surface area contributed by atoms with Crippen LogP contribution in [-0.2, 0) is 42.9 Å². The van der Waals surface area contributed by atoms with E-state index in [1.165, 1.54) is 0 Å². The van der Waals surface area contributed by atoms with Gasteiger partial charge < -0.3 is 33.8 Å². The van der Waals surface area contributed by atoms with Crippen molar-refractivity contribution < 1.29 is 47.7 Å². The van der Waals surface area contributed by atoms with E-state index < -0.39 is 23.9 Å². The highest BCUT2D eigenvalue weighted by Gasteiger charge is 2.49. The standard InChI is InChI=1S/C26H38N2O10/c29-23-7-8-24(30)28(23)38-25(31)9-11-33-13-15-35-17-18-36-16-14-34-12-10-27-26(32)37-19-22-20-5-3-1-2-4-6-21(20)22/h20-22H,3-19H2,(H,27,32)/t20-,21-/m1/s1. The van der Waals surface area contributed by atoms with Crippen molar-refractivity contribution in [3.63, 3.8) is 0 Å². The molecule has 38 heavy (non-hydrogen) atoms. The van der Waals surface area contributed by atoms with Crippen molar-refractivity contribution in [2.45, 2.75) is 44.9 Å². The molecule has 12 heteroatoms. The van der Waals surface area contributed by atoms with Gasteiger partial charge in [0.25, 0.3) is 11.8 Å². The largest absolute Gasteiger partial charge is 0.449 e. The Morgan fingerprint density at radius 1 is 0.789 bits per heavy atom. The zero-order chi connectivity index (χ0) is 27.0. The van der Waals surface area contributed by atoms with Gasteiger partial charge in [-0.15, -0.1) is 16.9 Å². The number of rotatable bonds is 18. The molecule has 1 saturated heterocycles. The van der Waals surface area contributed by atoms with E-state index in [4.69, 9.17) is 28.5 Å². The van der Waals surface area contributed by atoms with Crippen LogP contribution in [0.15, 0.2) is 0 Å². The zero-order valence-corrected chi connectivity index (χ0v) is 21.8. The smallest absolute Gasteiger partial charge is 0.407 e. The molecule has 2 atom stereocenters. The number of nitrogens with one attached hydrogen (secondary N) is 1. The second-order valence-corrected chi connectivity index (χ2v) is 9.19. The van der Waals surface area contributed by atoms with Crippen LogP contribution in [0.4, 0.5) is 4.79 Å². The summed E-state index contributed by atoms with van der Waals surface area (Å²) in [6.45, 7) is 3.51. The molecule has 0 unspecified atom stereocenters. The summed E-state index contributed by atoms with van der Waals surface area (Å²) in [5, 5.41) is 3.22. The number of hydroxylamine groups is 2. The van der Waals surface area contributed by atoms with Gasteiger partial charge in [0, 0.05) is 32.2 Å². The average molecular weight is 539 g/mol. The summed E-state index contributed by atoms with van der Waals surface area (Å²) < 4.78 is 26.8. The number of hydrogen-bond acceptors (Lipinski definition) is 10. The molecule has 0 bridgehead atoms. The van der Waals surface area contributed by atoms with Crippen LogP contribution in [-0.4, -0.2) is 94.9 Å². The van der Waals surface area contributed by atoms with Crippen molar-refractivity contribution in [1.82, 2.24) is 10.4 Å². The lowest BCUT2D eigenvalue weighted by Gasteiger charge is -2.12. The predicted octanol–water partition coefficient (Wildman–Crippen LogP) is 1.22. The van der Waals surface area contributed by atoms with Crippen molar-refractivity contribution in [3.05, 3.63) is 0 Å². The van der Waals surface area contributed by atoms with Crippen LogP contribution < -0.4 is 5.32 Å². The molecule has 0 spiro atoms. The van der Waals surface area contributed by atoms with Crippen molar-refractivity contribution in [2.24, 2.45) is 17.8 Å². The summed E-state index contributed by atoms with van der Waals surface area (Å²) in [6.07, 6.45) is 3.76. The van der Waals surface area contributed by atoms with Gasteiger partial charge in [-0.05, 0) is 30.6 Å². The summed E-state index contributed by atoms with van der Waals surface area (Å²) in [7, 11) is 0. The van der Waals surface area contributed by atoms with E-state index in [9.17, 15) is 19.2 Å². The molecule has 1 heterocycles. The van der Waals surface area contributed by atoms with Crippen LogP contribution in [0, 0.1) is 29.6 Å². The van der Waals surface area contributed by atoms with Gasteiger partial charge in [0.15, 0.2) is 0 Å². The van der Waals surface area contributed by atoms with E-state index in [2.05, 4.69) is 17.2 Å². The number of amides is 3. The Morgan fingerprint density at radius 3 is 1.89 bits per heavy atom. The van der Waals surface area contributed by atoms with Crippen LogP contribution in [0.2, 0.25) is 0 Å². The van der Waals surface area contributed by atoms with Gasteiger partial charge in [-0.1, -0.05) is 0 Å². The third-order valence-corrected chi connectivity index (χ3v) is 6.53. The molecule has 0 aromatic carbocycles. The van der Waals surface area contributed by atoms with Crippen LogP contribution in [0.3, 0.4) is 0 Å². The molecule has 1 saturated carbocycles. The number of carbonyl (C=O) groups excluding carboxylic acids is 4. The minimum Gasteiger partial charge on any atom is -0.449 e. The normalized spacial score (nSPS) is 22.1. The molecule has 3 aliphatic rings. The van der Waals surface area contributed by atoms with E-state index >= 15 is 0 Å². The Balaban J connectivity index is 1.01. The van der Waals surface area contributed by atoms with Crippen molar-refractivity contribution in [2.75, 3.05) is 66.0 Å². The lowest BCUT2D eigenvalue weighted by molar-refractivity contribution is -0.198. The molecular formula is C26H38N2O10. The zero-order valence-electron chi connectivity index (χ0n) is 21.8. The van der Waals surface area contributed by atoms with Gasteiger partial charge >= 0.3 is 12.1 Å². The fourth-order valence-electron chi connectivity index (χ4n) is 4.45. The maximum Gasteiger partial charge on any atom is 0.407 e. The quantitative estimate of drug-likeness (QED) is 0.154. The minimum absolute atomic E-state index is 0.0599. The van der Waals surface area contributed by atoms with Gasteiger partial charge in [-0.2, -0.15) is 0 Å². The monoisotopic (exact) mass is 538 g/mol. The summed E-state index contributed by atoms with van der Waals surface area (Å²) in [4.78, 5) is 50.9. The molecule has 12 nitrogen and oxygen atoms in total. The Labute approximate surface area is 222 Å². The molecule has 0 radical (unpaired) electrons. The number of imide groups is 1. The third kappa shape index (κ3) is 10.9. The van der Waals surface area contributed by atoms with E-state index in [1.54, 1.807) is 0 Å². The first-order chi connectivity index (χ1) is 18.6. The first-order valence-electron chi connectivity index (χ1n) is 13.3. The van der Waals surface area contributed by atoms with E-state index in [0.717, 1.165) is 25.7 Å². The molecule has 3 rings (SSSR count). The average Bonchev–Trinajstić information content (AvgIpc) is 3.44. The summed E-state index contributed by atoms with van der Waals surface area (Å²) >= 11 is 0. The summed E-state index contributed by atoms with van der Waals surface area (Å²) in [5.41, 5.74) is 0. The molecule has 0 aromatic rings. The topological polar surface area (TPSA) is 139 Å². The Morgan fingerprint density at radius 2 is 1.32 bits per heavy atom. The summed E-state index contributed by atoms with van der Waals surface area (Å²) in [5.74, 6) is 6.44.